The Morgan fingerprint density at radius 1 is 1.12 bits per heavy atom. The van der Waals surface area contributed by atoms with Gasteiger partial charge in [-0.3, -0.25) is 0 Å². The molecule has 17 heavy (non-hydrogen) atoms. The maximum atomic E-state index is 5.35. The Bertz CT molecular complexity index is 578. The largest absolute Gasteiger partial charge is 0.496 e. The Balaban J connectivity index is 2.56. The van der Waals surface area contributed by atoms with Crippen LogP contribution in [0, 0.1) is 11.8 Å². The molecule has 0 atom stereocenters. The van der Waals surface area contributed by atoms with E-state index in [-0.39, 0.29) is 0 Å². The van der Waals surface area contributed by atoms with Gasteiger partial charge in [0, 0.05) is 28.1 Å². The van der Waals surface area contributed by atoms with Gasteiger partial charge in [-0.2, -0.15) is 0 Å². The topological polar surface area (TPSA) is 9.23 Å². The van der Waals surface area contributed by atoms with Crippen LogP contribution in [-0.2, 0) is 0 Å². The van der Waals surface area contributed by atoms with Gasteiger partial charge in [0.1, 0.15) is 5.75 Å². The van der Waals surface area contributed by atoms with E-state index in [0.717, 1.165) is 33.8 Å². The van der Waals surface area contributed by atoms with Crippen molar-refractivity contribution in [2.75, 3.05) is 12.4 Å². The Kier molecular flexibility index (Phi) is 4.06. The van der Waals surface area contributed by atoms with Gasteiger partial charge >= 0.3 is 0 Å². The van der Waals surface area contributed by atoms with E-state index in [1.807, 2.05) is 24.3 Å². The Hall–Kier alpha value is -1.46. The van der Waals surface area contributed by atoms with E-state index in [2.05, 4.69) is 39.9 Å². The predicted octanol–water partition coefficient (Wildman–Crippen LogP) is 3.98. The highest BCUT2D eigenvalue weighted by Crippen LogP contribution is 2.27. The van der Waals surface area contributed by atoms with Crippen LogP contribution in [0.4, 0.5) is 0 Å². The molecule has 0 fully saturated rings. The van der Waals surface area contributed by atoms with Gasteiger partial charge in [-0.05, 0) is 12.1 Å². The minimum absolute atomic E-state index is 0.861. The average Bonchev–Trinajstić information content (AvgIpc) is 2.39. The quantitative estimate of drug-likeness (QED) is 0.600. The molecule has 0 aliphatic carbocycles. The van der Waals surface area contributed by atoms with Crippen molar-refractivity contribution >= 4 is 26.7 Å². The van der Waals surface area contributed by atoms with Crippen LogP contribution in [0.25, 0.3) is 10.8 Å². The first-order valence-corrected chi connectivity index (χ1v) is 6.59. The van der Waals surface area contributed by atoms with E-state index < -0.39 is 0 Å². The number of methoxy groups -OCH3 is 1. The van der Waals surface area contributed by atoms with E-state index in [4.69, 9.17) is 4.74 Å². The number of alkyl halides is 1. The van der Waals surface area contributed by atoms with Crippen molar-refractivity contribution < 1.29 is 4.74 Å². The fourth-order valence-electron chi connectivity index (χ4n) is 1.76. The molecule has 2 heteroatoms. The first-order chi connectivity index (χ1) is 8.36. The van der Waals surface area contributed by atoms with Crippen LogP contribution < -0.4 is 4.74 Å². The zero-order valence-electron chi connectivity index (χ0n) is 9.66. The van der Waals surface area contributed by atoms with Crippen LogP contribution in [-0.4, -0.2) is 12.4 Å². The molecule has 0 bridgehead atoms. The smallest absolute Gasteiger partial charge is 0.126 e. The van der Waals surface area contributed by atoms with Crippen molar-refractivity contribution in [1.29, 1.82) is 0 Å². The standard InChI is InChI=1S/C15H13BrO/c1-17-15-10-9-12(6-4-5-11-16)13-7-2-3-8-14(13)15/h2-3,7-10H,5,11H2,1H3. The molecule has 0 saturated heterocycles. The van der Waals surface area contributed by atoms with Crippen molar-refractivity contribution in [1.82, 2.24) is 0 Å². The van der Waals surface area contributed by atoms with Gasteiger partial charge in [-0.1, -0.05) is 52.0 Å². The molecular formula is C15H13BrO. The van der Waals surface area contributed by atoms with Gasteiger partial charge in [0.05, 0.1) is 7.11 Å². The first kappa shape index (κ1) is 12.0. The Morgan fingerprint density at radius 2 is 1.88 bits per heavy atom. The molecule has 0 unspecified atom stereocenters. The second kappa shape index (κ2) is 5.75. The van der Waals surface area contributed by atoms with Gasteiger partial charge in [0.25, 0.3) is 0 Å². The lowest BCUT2D eigenvalue weighted by Crippen LogP contribution is -1.87. The van der Waals surface area contributed by atoms with Gasteiger partial charge in [-0.15, -0.1) is 0 Å². The van der Waals surface area contributed by atoms with Crippen molar-refractivity contribution in [3.63, 3.8) is 0 Å². The number of ether oxygens (including phenoxy) is 1. The molecule has 0 spiro atoms. The van der Waals surface area contributed by atoms with Crippen molar-refractivity contribution in [3.8, 4) is 17.6 Å². The molecule has 86 valence electrons. The lowest BCUT2D eigenvalue weighted by molar-refractivity contribution is 0.420. The zero-order chi connectivity index (χ0) is 12.1. The minimum atomic E-state index is 0.861. The molecular weight excluding hydrogens is 276 g/mol. The third-order valence-corrected chi connectivity index (χ3v) is 2.94. The van der Waals surface area contributed by atoms with Crippen LogP contribution in [0.1, 0.15) is 12.0 Å². The third kappa shape index (κ3) is 2.62. The number of hydrogen-bond donors (Lipinski definition) is 0. The third-order valence-electron chi connectivity index (χ3n) is 2.55. The fraction of sp³-hybridized carbons (Fsp3) is 0.200. The normalized spacial score (nSPS) is 9.76. The summed E-state index contributed by atoms with van der Waals surface area (Å²) in [4.78, 5) is 0. The summed E-state index contributed by atoms with van der Waals surface area (Å²) in [6, 6.07) is 12.2. The van der Waals surface area contributed by atoms with E-state index in [0.29, 0.717) is 0 Å². The van der Waals surface area contributed by atoms with E-state index >= 15 is 0 Å². The highest BCUT2D eigenvalue weighted by Gasteiger charge is 2.03. The summed E-state index contributed by atoms with van der Waals surface area (Å²) < 4.78 is 5.35. The highest BCUT2D eigenvalue weighted by atomic mass is 79.9. The lowest BCUT2D eigenvalue weighted by Gasteiger charge is -2.06. The second-order valence-corrected chi connectivity index (χ2v) is 4.39. The summed E-state index contributed by atoms with van der Waals surface area (Å²) in [6.07, 6.45) is 0.861. The molecule has 0 heterocycles. The van der Waals surface area contributed by atoms with Gasteiger partial charge in [0.15, 0.2) is 0 Å². The van der Waals surface area contributed by atoms with Crippen molar-refractivity contribution in [2.45, 2.75) is 6.42 Å². The van der Waals surface area contributed by atoms with Crippen LogP contribution in [0.5, 0.6) is 5.75 Å². The molecule has 0 N–H and O–H groups in total. The maximum absolute atomic E-state index is 5.35. The van der Waals surface area contributed by atoms with Crippen LogP contribution in [0.2, 0.25) is 0 Å². The Morgan fingerprint density at radius 3 is 2.59 bits per heavy atom. The van der Waals surface area contributed by atoms with Gasteiger partial charge in [0.2, 0.25) is 0 Å². The summed E-state index contributed by atoms with van der Waals surface area (Å²) in [6.45, 7) is 0. The lowest BCUT2D eigenvalue weighted by atomic mass is 10.0. The summed E-state index contributed by atoms with van der Waals surface area (Å²) >= 11 is 3.37. The summed E-state index contributed by atoms with van der Waals surface area (Å²) in [5.41, 5.74) is 1.06. The molecule has 0 saturated carbocycles. The first-order valence-electron chi connectivity index (χ1n) is 5.47. The van der Waals surface area contributed by atoms with E-state index in [1.165, 1.54) is 0 Å². The average molecular weight is 289 g/mol. The Labute approximate surface area is 110 Å². The molecule has 0 amide bonds. The maximum Gasteiger partial charge on any atom is 0.126 e. The number of halogens is 1. The monoisotopic (exact) mass is 288 g/mol. The van der Waals surface area contributed by atoms with Gasteiger partial charge in [-0.25, -0.2) is 0 Å². The minimum Gasteiger partial charge on any atom is -0.496 e. The highest BCUT2D eigenvalue weighted by molar-refractivity contribution is 9.09. The predicted molar refractivity (Wildman–Crippen MR) is 75.8 cm³/mol. The number of benzene rings is 2. The van der Waals surface area contributed by atoms with Crippen LogP contribution >= 0.6 is 15.9 Å². The SMILES string of the molecule is COc1ccc(C#CCCBr)c2ccccc12. The molecule has 0 aliphatic rings. The summed E-state index contributed by atoms with van der Waals surface area (Å²) in [5.74, 6) is 7.24. The number of hydrogen-bond acceptors (Lipinski definition) is 1. The van der Waals surface area contributed by atoms with Gasteiger partial charge < -0.3 is 4.74 Å². The van der Waals surface area contributed by atoms with E-state index in [1.54, 1.807) is 7.11 Å². The molecule has 0 aromatic heterocycles. The molecule has 2 rings (SSSR count). The fourth-order valence-corrected chi connectivity index (χ4v) is 1.96. The molecule has 2 aromatic carbocycles. The summed E-state index contributed by atoms with van der Waals surface area (Å²) in [5, 5.41) is 3.17. The second-order valence-electron chi connectivity index (χ2n) is 3.60. The van der Waals surface area contributed by atoms with Crippen LogP contribution in [0.15, 0.2) is 36.4 Å². The van der Waals surface area contributed by atoms with Crippen LogP contribution in [0.3, 0.4) is 0 Å². The summed E-state index contributed by atoms with van der Waals surface area (Å²) in [7, 11) is 1.69. The van der Waals surface area contributed by atoms with Crippen molar-refractivity contribution in [3.05, 3.63) is 42.0 Å². The zero-order valence-corrected chi connectivity index (χ0v) is 11.3. The number of rotatable bonds is 2. The number of fused-ring (bicyclic) bond motifs is 1. The molecule has 2 aromatic rings. The molecule has 0 aliphatic heterocycles. The van der Waals surface area contributed by atoms with E-state index in [9.17, 15) is 0 Å². The van der Waals surface area contributed by atoms with Crippen molar-refractivity contribution in [2.24, 2.45) is 0 Å². The molecule has 0 radical (unpaired) electrons. The molecule has 1 nitrogen and oxygen atoms in total.